The lowest BCUT2D eigenvalue weighted by Crippen LogP contribution is -2.27. The van der Waals surface area contributed by atoms with Gasteiger partial charge in [0.1, 0.15) is 12.7 Å². The van der Waals surface area contributed by atoms with Crippen LogP contribution in [-0.2, 0) is 27.9 Å². The Balaban J connectivity index is 3.54. The summed E-state index contributed by atoms with van der Waals surface area (Å²) in [4.78, 5) is 33.9. The normalized spacial score (nSPS) is 13.4. The van der Waals surface area contributed by atoms with E-state index >= 15 is 0 Å². The molecule has 2 unspecified atom stereocenters. The van der Waals surface area contributed by atoms with Crippen molar-refractivity contribution in [2.24, 2.45) is 0 Å². The largest absolute Gasteiger partial charge is 0.472 e. The van der Waals surface area contributed by atoms with Crippen LogP contribution in [0.2, 0.25) is 0 Å². The van der Waals surface area contributed by atoms with Crippen molar-refractivity contribution in [3.63, 3.8) is 0 Å². The van der Waals surface area contributed by atoms with Gasteiger partial charge >= 0.3 is 13.8 Å². The lowest BCUT2D eigenvalue weighted by molar-refractivity contribution is -0.147. The number of phosphoric ester groups is 1. The molecule has 0 aromatic rings. The van der Waals surface area contributed by atoms with Crippen molar-refractivity contribution in [2.45, 2.75) is 232 Å². The van der Waals surface area contributed by atoms with Gasteiger partial charge in [-0.1, -0.05) is 192 Å². The van der Waals surface area contributed by atoms with E-state index in [9.17, 15) is 24.2 Å². The van der Waals surface area contributed by atoms with E-state index in [4.69, 9.17) is 13.8 Å². The van der Waals surface area contributed by atoms with Crippen LogP contribution in [0.5, 0.6) is 0 Å². The Morgan fingerprint density at radius 1 is 0.554 bits per heavy atom. The van der Waals surface area contributed by atoms with Crippen LogP contribution in [0.3, 0.4) is 0 Å². The molecule has 0 saturated heterocycles. The lowest BCUT2D eigenvalue weighted by Gasteiger charge is -2.15. The van der Waals surface area contributed by atoms with Gasteiger partial charge in [-0.3, -0.25) is 18.6 Å². The maximum absolute atomic E-state index is 12.1. The third-order valence-corrected chi connectivity index (χ3v) is 11.1. The van der Waals surface area contributed by atoms with Gasteiger partial charge in [0.2, 0.25) is 5.91 Å². The summed E-state index contributed by atoms with van der Waals surface area (Å²) in [6.45, 7) is 3.55. The molecular weight excluding hydrogens is 725 g/mol. The SMILES string of the molecule is CCCCC/C=C\C/C=C\CCCCCCCCCCCCCCCC(=O)OCC(O)COP(=O)(O)OCCNC(=O)CCCCCCCCCCCCCC. The minimum Gasteiger partial charge on any atom is -0.463 e. The van der Waals surface area contributed by atoms with E-state index in [2.05, 4.69) is 43.5 Å². The van der Waals surface area contributed by atoms with Crippen molar-refractivity contribution in [1.82, 2.24) is 5.32 Å². The number of allylic oxidation sites excluding steroid dienone is 4. The zero-order valence-corrected chi connectivity index (χ0v) is 37.2. The first-order valence-corrected chi connectivity index (χ1v) is 24.8. The van der Waals surface area contributed by atoms with Crippen LogP contribution < -0.4 is 5.32 Å². The van der Waals surface area contributed by atoms with E-state index in [1.165, 1.54) is 154 Å². The number of rotatable bonds is 44. The number of esters is 1. The summed E-state index contributed by atoms with van der Waals surface area (Å²) in [5, 5.41) is 12.7. The second-order valence-corrected chi connectivity index (χ2v) is 17.2. The smallest absolute Gasteiger partial charge is 0.463 e. The molecule has 0 spiro atoms. The standard InChI is InChI=1S/C46H88NO8P/c1-3-5-7-9-11-13-15-17-18-19-20-21-22-23-24-25-26-27-29-31-33-35-37-39-46(50)53-42-44(48)43-55-56(51,52)54-41-40-47-45(49)38-36-34-32-30-28-16-14-12-10-8-6-4-2/h11,13,17-18,44,48H,3-10,12,14-16,19-43H2,1-2H3,(H,47,49)(H,51,52)/b13-11-,18-17-. The van der Waals surface area contributed by atoms with E-state index in [0.717, 1.165) is 44.9 Å². The second kappa shape index (κ2) is 43.1. The number of phosphoric acid groups is 1. The van der Waals surface area contributed by atoms with Crippen molar-refractivity contribution < 1.29 is 37.9 Å². The van der Waals surface area contributed by atoms with Crippen LogP contribution in [0.15, 0.2) is 24.3 Å². The van der Waals surface area contributed by atoms with Crippen molar-refractivity contribution in [2.75, 3.05) is 26.4 Å². The number of ether oxygens (including phenoxy) is 1. The third kappa shape index (κ3) is 43.6. The van der Waals surface area contributed by atoms with Crippen molar-refractivity contribution >= 4 is 19.7 Å². The van der Waals surface area contributed by atoms with Crippen molar-refractivity contribution in [3.05, 3.63) is 24.3 Å². The second-order valence-electron chi connectivity index (χ2n) is 15.7. The van der Waals surface area contributed by atoms with Crippen LogP contribution >= 0.6 is 7.82 Å². The van der Waals surface area contributed by atoms with Gasteiger partial charge in [0.15, 0.2) is 0 Å². The van der Waals surface area contributed by atoms with Gasteiger partial charge in [-0.2, -0.15) is 0 Å². The number of aliphatic hydroxyl groups is 1. The van der Waals surface area contributed by atoms with Crippen molar-refractivity contribution in [1.29, 1.82) is 0 Å². The summed E-state index contributed by atoms with van der Waals surface area (Å²) in [6.07, 6.45) is 46.8. The number of nitrogens with one attached hydrogen (secondary N) is 1. The van der Waals surface area contributed by atoms with Crippen LogP contribution in [0, 0.1) is 0 Å². The van der Waals surface area contributed by atoms with Crippen LogP contribution in [0.1, 0.15) is 226 Å². The van der Waals surface area contributed by atoms with Crippen molar-refractivity contribution in [3.8, 4) is 0 Å². The first-order chi connectivity index (χ1) is 27.3. The molecule has 0 aliphatic heterocycles. The Hall–Kier alpha value is -1.51. The summed E-state index contributed by atoms with van der Waals surface area (Å²) >= 11 is 0. The first kappa shape index (κ1) is 54.5. The number of amides is 1. The van der Waals surface area contributed by atoms with E-state index < -0.39 is 26.5 Å². The Morgan fingerprint density at radius 3 is 1.46 bits per heavy atom. The zero-order chi connectivity index (χ0) is 41.1. The predicted octanol–water partition coefficient (Wildman–Crippen LogP) is 13.2. The number of carbonyl (C=O) groups is 2. The fourth-order valence-corrected chi connectivity index (χ4v) is 7.35. The van der Waals surface area contributed by atoms with Gasteiger partial charge in [-0.25, -0.2) is 4.57 Å². The molecule has 0 aliphatic rings. The van der Waals surface area contributed by atoms with Gasteiger partial charge in [0.25, 0.3) is 0 Å². The maximum Gasteiger partial charge on any atom is 0.472 e. The monoisotopic (exact) mass is 814 g/mol. The fraction of sp³-hybridized carbons (Fsp3) is 0.870. The van der Waals surface area contributed by atoms with Gasteiger partial charge in [-0.15, -0.1) is 0 Å². The number of hydrogen-bond donors (Lipinski definition) is 3. The molecule has 0 aliphatic carbocycles. The minimum absolute atomic E-state index is 0.0855. The lowest BCUT2D eigenvalue weighted by atomic mass is 10.0. The molecule has 56 heavy (non-hydrogen) atoms. The summed E-state index contributed by atoms with van der Waals surface area (Å²) in [5.74, 6) is -0.510. The number of aliphatic hydroxyl groups excluding tert-OH is 1. The Labute approximate surface area is 344 Å². The highest BCUT2D eigenvalue weighted by Gasteiger charge is 2.23. The third-order valence-electron chi connectivity index (χ3n) is 10.1. The molecule has 10 heteroatoms. The molecule has 9 nitrogen and oxygen atoms in total. The molecule has 2 atom stereocenters. The molecule has 0 radical (unpaired) electrons. The molecule has 0 aromatic carbocycles. The first-order valence-electron chi connectivity index (χ1n) is 23.3. The van der Waals surface area contributed by atoms with Gasteiger partial charge in [0, 0.05) is 19.4 Å². The van der Waals surface area contributed by atoms with Gasteiger partial charge in [0.05, 0.1) is 13.2 Å². The Kier molecular flexibility index (Phi) is 41.9. The Bertz CT molecular complexity index is 975. The molecule has 330 valence electrons. The molecule has 3 N–H and O–H groups in total. The Morgan fingerprint density at radius 2 is 0.964 bits per heavy atom. The van der Waals surface area contributed by atoms with Crippen LogP contribution in [-0.4, -0.2) is 54.3 Å². The van der Waals surface area contributed by atoms with E-state index in [-0.39, 0.29) is 32.1 Å². The van der Waals surface area contributed by atoms with Crippen LogP contribution in [0.25, 0.3) is 0 Å². The molecule has 0 heterocycles. The predicted molar refractivity (Wildman–Crippen MR) is 234 cm³/mol. The summed E-state index contributed by atoms with van der Waals surface area (Å²) in [5.41, 5.74) is 0. The average molecular weight is 814 g/mol. The van der Waals surface area contributed by atoms with E-state index in [1.54, 1.807) is 0 Å². The van der Waals surface area contributed by atoms with Gasteiger partial charge < -0.3 is 20.1 Å². The summed E-state index contributed by atoms with van der Waals surface area (Å²) in [6, 6.07) is 0. The molecule has 0 aromatic heterocycles. The number of carbonyl (C=O) groups excluding carboxylic acids is 2. The highest BCUT2D eigenvalue weighted by atomic mass is 31.2. The maximum atomic E-state index is 12.1. The molecule has 0 rings (SSSR count). The van der Waals surface area contributed by atoms with Crippen LogP contribution in [0.4, 0.5) is 0 Å². The number of hydrogen-bond acceptors (Lipinski definition) is 7. The molecule has 1 amide bonds. The van der Waals surface area contributed by atoms with E-state index in [0.29, 0.717) is 6.42 Å². The van der Waals surface area contributed by atoms with E-state index in [1.807, 2.05) is 0 Å². The average Bonchev–Trinajstić information content (AvgIpc) is 3.18. The zero-order valence-electron chi connectivity index (χ0n) is 36.3. The minimum atomic E-state index is -4.41. The highest BCUT2D eigenvalue weighted by Crippen LogP contribution is 2.42. The summed E-state index contributed by atoms with van der Waals surface area (Å²) < 4.78 is 26.9. The molecule has 0 saturated carbocycles. The molecule has 0 fully saturated rings. The topological polar surface area (TPSA) is 131 Å². The fourth-order valence-electron chi connectivity index (χ4n) is 6.59. The quantitative estimate of drug-likeness (QED) is 0.0240. The molecular formula is C46H88NO8P. The summed E-state index contributed by atoms with van der Waals surface area (Å²) in [7, 11) is -4.41. The molecule has 0 bridgehead atoms. The van der Waals surface area contributed by atoms with Gasteiger partial charge in [-0.05, 0) is 44.9 Å². The number of unbranched alkanes of at least 4 members (excludes halogenated alkanes) is 27. The highest BCUT2D eigenvalue weighted by molar-refractivity contribution is 7.47.